The van der Waals surface area contributed by atoms with Crippen LogP contribution in [0.4, 0.5) is 0 Å². The van der Waals surface area contributed by atoms with Crippen LogP contribution in [-0.4, -0.2) is 142 Å². The summed E-state index contributed by atoms with van der Waals surface area (Å²) >= 11 is 0. The second-order valence-electron chi connectivity index (χ2n) is 21.8. The number of aliphatic hydroxyl groups is 1. The molecular formula is C51H81BN6O11. The van der Waals surface area contributed by atoms with E-state index < -0.39 is 55.4 Å². The van der Waals surface area contributed by atoms with Gasteiger partial charge in [0.1, 0.15) is 12.1 Å². The van der Waals surface area contributed by atoms with Crippen molar-refractivity contribution >= 4 is 48.1 Å². The van der Waals surface area contributed by atoms with Crippen LogP contribution in [0.15, 0.2) is 24.3 Å². The predicted octanol–water partition coefficient (Wildman–Crippen LogP) is 2.63. The Balaban J connectivity index is 0.849. The maximum Gasteiger partial charge on any atom is 0.488 e. The number of carboxylic acid groups (broad SMARTS) is 2. The van der Waals surface area contributed by atoms with E-state index in [9.17, 15) is 54.1 Å². The van der Waals surface area contributed by atoms with Gasteiger partial charge in [-0.2, -0.15) is 0 Å². The van der Waals surface area contributed by atoms with Gasteiger partial charge in [0, 0.05) is 52.1 Å². The number of carboxylic acids is 2. The number of nitrogens with one attached hydrogen (secondary N) is 4. The van der Waals surface area contributed by atoms with E-state index in [1.165, 1.54) is 38.5 Å². The van der Waals surface area contributed by atoms with Crippen molar-refractivity contribution in [2.24, 2.45) is 46.3 Å². The van der Waals surface area contributed by atoms with Crippen molar-refractivity contribution < 1.29 is 54.1 Å². The van der Waals surface area contributed by atoms with Crippen LogP contribution in [0.3, 0.4) is 0 Å². The number of piperazine rings is 1. The smallest absolute Gasteiger partial charge is 0.480 e. The molecule has 1 aromatic rings. The lowest BCUT2D eigenvalue weighted by Gasteiger charge is -2.61. The summed E-state index contributed by atoms with van der Waals surface area (Å²) in [6.45, 7) is 9.73. The standard InChI is InChI=1S/C51H81BN6O11/c1-32(37-15-16-38-36-14-13-34-29-35(59)20-22-50(34,2)39(36)21-23-51(37,38)3)12-18-45(61)55-42(48(64)65)17-19-44(60)54-24-8-7-11-41(53-4)47(63)56-43(49(66)67)30-46(62)58-27-25-57(26-28-58)31-33-9-5-6-10-40(33)52(68)69/h5-6,9-10,32,34-39,41-43,53,59,68-69H,7-8,11-31H2,1-4H3,(H,54,60)(H,55,61)(H,56,63)(H,64,65)(H,66,67)/t32?,34-,35-,36?,37?,38?,39?,41?,42?,43?,50+,51-/m0/s1. The third-order valence-corrected chi connectivity index (χ3v) is 17.9. The highest BCUT2D eigenvalue weighted by Gasteiger charge is 2.60. The number of likely N-dealkylation sites (N-methyl/N-ethyl adjacent to an activating group) is 1. The van der Waals surface area contributed by atoms with Gasteiger partial charge in [0.05, 0.1) is 18.6 Å². The summed E-state index contributed by atoms with van der Waals surface area (Å²) in [7, 11) is -0.0175. The molecule has 1 saturated heterocycles. The second kappa shape index (κ2) is 24.4. The zero-order valence-corrected chi connectivity index (χ0v) is 41.5. The van der Waals surface area contributed by atoms with E-state index >= 15 is 0 Å². The van der Waals surface area contributed by atoms with Gasteiger partial charge in [0.15, 0.2) is 0 Å². The number of aliphatic hydroxyl groups excluding tert-OH is 1. The molecule has 1 aliphatic heterocycles. The Hall–Kier alpha value is -4.10. The summed E-state index contributed by atoms with van der Waals surface area (Å²) < 4.78 is 0. The van der Waals surface area contributed by atoms with Crippen LogP contribution in [0.5, 0.6) is 0 Å². The van der Waals surface area contributed by atoms with Gasteiger partial charge in [-0.1, -0.05) is 45.0 Å². The highest BCUT2D eigenvalue weighted by Crippen LogP contribution is 2.68. The SMILES string of the molecule is CNC(CCCCNC(=O)CCC(NC(=O)CCC(C)C1CCC2C3CC[C@H]4C[C@@H](O)CC[C@@]4(C)C3CC[C@@]12C)C(=O)O)C(=O)NC(CC(=O)N1CCN(Cc2ccccc2B(O)O)CC1)C(=O)O. The lowest BCUT2D eigenvalue weighted by molar-refractivity contribution is -0.146. The first-order valence-electron chi connectivity index (χ1n) is 26.0. The number of hydrogen-bond acceptors (Lipinski definition) is 11. The van der Waals surface area contributed by atoms with Crippen LogP contribution in [-0.2, 0) is 35.3 Å². The molecule has 5 fully saturated rings. The molecule has 5 aliphatic rings. The highest BCUT2D eigenvalue weighted by molar-refractivity contribution is 6.59. The number of nitrogens with zero attached hydrogens (tertiary/aromatic N) is 2. The lowest BCUT2D eigenvalue weighted by Crippen LogP contribution is -2.54. The van der Waals surface area contributed by atoms with Gasteiger partial charge in [-0.05, 0) is 154 Å². The van der Waals surface area contributed by atoms with E-state index in [1.807, 2.05) is 12.1 Å². The van der Waals surface area contributed by atoms with E-state index in [-0.39, 0.29) is 49.1 Å². The molecule has 1 heterocycles. The number of rotatable bonds is 23. The van der Waals surface area contributed by atoms with Gasteiger partial charge >= 0.3 is 19.1 Å². The van der Waals surface area contributed by atoms with Crippen molar-refractivity contribution in [1.82, 2.24) is 31.1 Å². The Kier molecular flexibility index (Phi) is 19.1. The Bertz CT molecular complexity index is 1950. The Morgan fingerprint density at radius 1 is 0.768 bits per heavy atom. The predicted molar refractivity (Wildman–Crippen MR) is 260 cm³/mol. The number of aliphatic carboxylic acids is 2. The summed E-state index contributed by atoms with van der Waals surface area (Å²) in [6, 6.07) is 3.65. The van der Waals surface area contributed by atoms with Crippen LogP contribution in [0.25, 0.3) is 0 Å². The van der Waals surface area contributed by atoms with Gasteiger partial charge in [0.2, 0.25) is 23.6 Å². The number of hydrogen-bond donors (Lipinski definition) is 9. The fraction of sp³-hybridized carbons (Fsp3) is 0.765. The van der Waals surface area contributed by atoms with Crippen LogP contribution in [0.1, 0.15) is 135 Å². The molecule has 4 aliphatic carbocycles. The monoisotopic (exact) mass is 965 g/mol. The average molecular weight is 965 g/mol. The molecule has 18 heteroatoms. The van der Waals surface area contributed by atoms with Crippen molar-refractivity contribution in [3.8, 4) is 0 Å². The molecule has 12 atom stereocenters. The molecule has 0 bridgehead atoms. The number of carbonyl (C=O) groups is 6. The molecule has 4 amide bonds. The van der Waals surface area contributed by atoms with Gasteiger partial charge in [-0.3, -0.25) is 24.1 Å². The number of amides is 4. The van der Waals surface area contributed by atoms with Crippen molar-refractivity contribution in [2.75, 3.05) is 39.8 Å². The minimum atomic E-state index is -1.60. The maximum absolute atomic E-state index is 13.1. The highest BCUT2D eigenvalue weighted by atomic mass is 16.4. The number of benzene rings is 1. The Morgan fingerprint density at radius 2 is 1.45 bits per heavy atom. The van der Waals surface area contributed by atoms with Crippen LogP contribution in [0.2, 0.25) is 0 Å². The molecule has 17 nitrogen and oxygen atoms in total. The summed E-state index contributed by atoms with van der Waals surface area (Å²) in [5.41, 5.74) is 1.76. The van der Waals surface area contributed by atoms with Gasteiger partial charge in [-0.15, -0.1) is 0 Å². The first kappa shape index (κ1) is 54.2. The van der Waals surface area contributed by atoms with Crippen molar-refractivity contribution in [3.63, 3.8) is 0 Å². The van der Waals surface area contributed by atoms with E-state index in [0.29, 0.717) is 93.0 Å². The largest absolute Gasteiger partial charge is 0.488 e. The fourth-order valence-corrected chi connectivity index (χ4v) is 13.9. The van der Waals surface area contributed by atoms with E-state index in [0.717, 1.165) is 36.7 Å². The molecule has 0 aromatic heterocycles. The molecule has 4 saturated carbocycles. The summed E-state index contributed by atoms with van der Waals surface area (Å²) in [5, 5.41) is 60.4. The van der Waals surface area contributed by atoms with Crippen molar-refractivity contribution in [3.05, 3.63) is 29.8 Å². The van der Waals surface area contributed by atoms with E-state index in [2.05, 4.69) is 46.9 Å². The van der Waals surface area contributed by atoms with E-state index in [4.69, 9.17) is 0 Å². The van der Waals surface area contributed by atoms with Crippen molar-refractivity contribution in [1.29, 1.82) is 0 Å². The molecule has 0 spiro atoms. The van der Waals surface area contributed by atoms with Crippen LogP contribution in [0, 0.1) is 46.3 Å². The number of carbonyl (C=O) groups excluding carboxylic acids is 4. The van der Waals surface area contributed by atoms with Crippen LogP contribution >= 0.6 is 0 Å². The molecule has 9 N–H and O–H groups in total. The first-order valence-corrected chi connectivity index (χ1v) is 26.0. The zero-order valence-electron chi connectivity index (χ0n) is 41.5. The number of fused-ring (bicyclic) bond motifs is 5. The summed E-state index contributed by atoms with van der Waals surface area (Å²) in [5.74, 6) is -0.502. The quantitative estimate of drug-likeness (QED) is 0.0566. The third kappa shape index (κ3) is 13.5. The van der Waals surface area contributed by atoms with E-state index in [1.54, 1.807) is 24.1 Å². The minimum Gasteiger partial charge on any atom is -0.480 e. The van der Waals surface area contributed by atoms with Gasteiger partial charge < -0.3 is 51.5 Å². The molecule has 0 radical (unpaired) electrons. The first-order chi connectivity index (χ1) is 32.8. The number of unbranched alkanes of at least 4 members (excludes halogenated alkanes) is 1. The minimum absolute atomic E-state index is 0.0518. The molecule has 8 unspecified atom stereocenters. The zero-order chi connectivity index (χ0) is 50.0. The van der Waals surface area contributed by atoms with Gasteiger partial charge in [0.25, 0.3) is 0 Å². The van der Waals surface area contributed by atoms with Crippen LogP contribution < -0.4 is 26.7 Å². The lowest BCUT2D eigenvalue weighted by atomic mass is 9.44. The fourth-order valence-electron chi connectivity index (χ4n) is 13.9. The molecule has 384 valence electrons. The van der Waals surface area contributed by atoms with Gasteiger partial charge in [-0.25, -0.2) is 9.59 Å². The third-order valence-electron chi connectivity index (χ3n) is 17.9. The topological polar surface area (TPSA) is 258 Å². The maximum atomic E-state index is 13.1. The summed E-state index contributed by atoms with van der Waals surface area (Å²) in [6.07, 6.45) is 11.9. The summed E-state index contributed by atoms with van der Waals surface area (Å²) in [4.78, 5) is 80.0. The molecular weight excluding hydrogens is 883 g/mol. The molecule has 6 rings (SSSR count). The Labute approximate surface area is 408 Å². The normalized spacial score (nSPS) is 29.5. The molecule has 69 heavy (non-hydrogen) atoms. The second-order valence-corrected chi connectivity index (χ2v) is 21.8. The average Bonchev–Trinajstić information content (AvgIpc) is 3.68. The molecule has 1 aromatic carbocycles. The Morgan fingerprint density at radius 3 is 2.14 bits per heavy atom. The van der Waals surface area contributed by atoms with Crippen molar-refractivity contribution in [2.45, 2.75) is 161 Å².